The molecule has 21 heavy (non-hydrogen) atoms. The number of hydrogen-bond donors (Lipinski definition) is 3. The molecule has 0 saturated heterocycles. The van der Waals surface area contributed by atoms with E-state index < -0.39 is 6.04 Å². The van der Waals surface area contributed by atoms with Crippen molar-refractivity contribution in [2.24, 2.45) is 5.73 Å². The molecule has 0 fully saturated rings. The van der Waals surface area contributed by atoms with Crippen molar-refractivity contribution in [2.75, 3.05) is 12.4 Å². The summed E-state index contributed by atoms with van der Waals surface area (Å²) in [6, 6.07) is 13.1. The first-order chi connectivity index (χ1) is 10.1. The van der Waals surface area contributed by atoms with E-state index in [1.165, 1.54) is 0 Å². The minimum atomic E-state index is -0.666. The third kappa shape index (κ3) is 4.22. The van der Waals surface area contributed by atoms with Crippen molar-refractivity contribution in [1.29, 1.82) is 0 Å². The lowest BCUT2D eigenvalue weighted by molar-refractivity contribution is -0.117. The molecule has 1 amide bonds. The zero-order valence-corrected chi connectivity index (χ0v) is 11.7. The van der Waals surface area contributed by atoms with Crippen molar-refractivity contribution in [3.05, 3.63) is 54.1 Å². The Morgan fingerprint density at radius 3 is 2.67 bits per heavy atom. The first kappa shape index (κ1) is 14.9. The van der Waals surface area contributed by atoms with Crippen molar-refractivity contribution >= 4 is 11.6 Å². The van der Waals surface area contributed by atoms with Crippen LogP contribution in [0.4, 0.5) is 5.69 Å². The van der Waals surface area contributed by atoms with E-state index in [1.54, 1.807) is 55.6 Å². The van der Waals surface area contributed by atoms with Gasteiger partial charge < -0.3 is 20.9 Å². The number of carbonyl (C=O) groups is 1. The Bertz CT molecular complexity index is 611. The lowest BCUT2D eigenvalue weighted by Gasteiger charge is -2.13. The summed E-state index contributed by atoms with van der Waals surface area (Å²) in [4.78, 5) is 12.1. The van der Waals surface area contributed by atoms with Crippen LogP contribution in [0.2, 0.25) is 0 Å². The monoisotopic (exact) mass is 286 g/mol. The van der Waals surface area contributed by atoms with Crippen LogP contribution in [0, 0.1) is 0 Å². The second kappa shape index (κ2) is 6.76. The van der Waals surface area contributed by atoms with Gasteiger partial charge in [0.2, 0.25) is 5.91 Å². The van der Waals surface area contributed by atoms with E-state index in [-0.39, 0.29) is 11.7 Å². The molecule has 0 saturated carbocycles. The van der Waals surface area contributed by atoms with Crippen molar-refractivity contribution in [3.63, 3.8) is 0 Å². The molecule has 2 rings (SSSR count). The number of carbonyl (C=O) groups excluding carboxylic acids is 1. The molecule has 1 atom stereocenters. The number of aromatic hydroxyl groups is 1. The first-order valence-electron chi connectivity index (χ1n) is 6.57. The number of methoxy groups -OCH3 is 1. The highest BCUT2D eigenvalue weighted by Gasteiger charge is 2.14. The predicted octanol–water partition coefficient (Wildman–Crippen LogP) is 1.91. The highest BCUT2D eigenvalue weighted by molar-refractivity contribution is 5.95. The van der Waals surface area contributed by atoms with Crippen LogP contribution in [0.1, 0.15) is 5.56 Å². The predicted molar refractivity (Wildman–Crippen MR) is 81.4 cm³/mol. The van der Waals surface area contributed by atoms with Crippen LogP contribution in [0.15, 0.2) is 48.5 Å². The molecule has 0 aliphatic heterocycles. The molecule has 0 heterocycles. The van der Waals surface area contributed by atoms with Crippen molar-refractivity contribution in [2.45, 2.75) is 12.5 Å². The number of nitrogens with one attached hydrogen (secondary N) is 1. The summed E-state index contributed by atoms with van der Waals surface area (Å²) in [6.07, 6.45) is 0.399. The molecule has 5 heteroatoms. The Labute approximate surface area is 123 Å². The number of nitrogens with two attached hydrogens (primary N) is 1. The minimum Gasteiger partial charge on any atom is -0.508 e. The molecular formula is C16H18N2O3. The van der Waals surface area contributed by atoms with E-state index >= 15 is 0 Å². The third-order valence-electron chi connectivity index (χ3n) is 3.07. The standard InChI is InChI=1S/C16H18N2O3/c1-21-14-4-2-3-12(10-14)18-16(20)15(17)9-11-5-7-13(19)8-6-11/h2-8,10,15,19H,9,17H2,1H3,(H,18,20)/t15-/m1/s1. The first-order valence-corrected chi connectivity index (χ1v) is 6.57. The second-order valence-corrected chi connectivity index (χ2v) is 4.70. The Hall–Kier alpha value is -2.53. The number of phenolic OH excluding ortho intramolecular Hbond substituents is 1. The number of amides is 1. The summed E-state index contributed by atoms with van der Waals surface area (Å²) in [5.74, 6) is 0.587. The fourth-order valence-corrected chi connectivity index (χ4v) is 1.91. The van der Waals surface area contributed by atoms with Gasteiger partial charge in [-0.05, 0) is 36.2 Å². The largest absolute Gasteiger partial charge is 0.508 e. The SMILES string of the molecule is COc1cccc(NC(=O)[C@H](N)Cc2ccc(O)cc2)c1. The molecule has 0 spiro atoms. The minimum absolute atomic E-state index is 0.188. The van der Waals surface area contributed by atoms with Crippen LogP contribution < -0.4 is 15.8 Å². The average molecular weight is 286 g/mol. The maximum atomic E-state index is 12.1. The van der Waals surface area contributed by atoms with Gasteiger partial charge in [0.25, 0.3) is 0 Å². The number of phenols is 1. The van der Waals surface area contributed by atoms with E-state index in [0.717, 1.165) is 5.56 Å². The van der Waals surface area contributed by atoms with Crippen LogP contribution in [0.25, 0.3) is 0 Å². The molecule has 0 aliphatic carbocycles. The van der Waals surface area contributed by atoms with Crippen LogP contribution >= 0.6 is 0 Å². The van der Waals surface area contributed by atoms with Gasteiger partial charge in [-0.1, -0.05) is 18.2 Å². The van der Waals surface area contributed by atoms with Crippen molar-refractivity contribution < 1.29 is 14.6 Å². The van der Waals surface area contributed by atoms with E-state index in [2.05, 4.69) is 5.32 Å². The topological polar surface area (TPSA) is 84.6 Å². The normalized spacial score (nSPS) is 11.7. The lowest BCUT2D eigenvalue weighted by atomic mass is 10.1. The van der Waals surface area contributed by atoms with E-state index in [9.17, 15) is 9.90 Å². The summed E-state index contributed by atoms with van der Waals surface area (Å²) >= 11 is 0. The maximum Gasteiger partial charge on any atom is 0.241 e. The quantitative estimate of drug-likeness (QED) is 0.784. The van der Waals surface area contributed by atoms with Gasteiger partial charge in [0.1, 0.15) is 11.5 Å². The molecule has 0 radical (unpaired) electrons. The summed E-state index contributed by atoms with van der Waals surface area (Å²) in [5.41, 5.74) is 7.43. The van der Waals surface area contributed by atoms with Gasteiger partial charge in [-0.25, -0.2) is 0 Å². The second-order valence-electron chi connectivity index (χ2n) is 4.70. The van der Waals surface area contributed by atoms with Gasteiger partial charge in [0.05, 0.1) is 13.2 Å². The molecule has 0 aliphatic rings. The summed E-state index contributed by atoms with van der Waals surface area (Å²) < 4.78 is 5.10. The van der Waals surface area contributed by atoms with Crippen LogP contribution in [0.3, 0.4) is 0 Å². The van der Waals surface area contributed by atoms with Crippen LogP contribution in [0.5, 0.6) is 11.5 Å². The lowest BCUT2D eigenvalue weighted by Crippen LogP contribution is -2.37. The molecule has 4 N–H and O–H groups in total. The Morgan fingerprint density at radius 2 is 2.00 bits per heavy atom. The molecule has 0 unspecified atom stereocenters. The molecule has 2 aromatic carbocycles. The smallest absolute Gasteiger partial charge is 0.241 e. The maximum absolute atomic E-state index is 12.1. The fraction of sp³-hybridized carbons (Fsp3) is 0.188. The van der Waals surface area contributed by atoms with E-state index in [1.807, 2.05) is 0 Å². The van der Waals surface area contributed by atoms with Gasteiger partial charge in [0.15, 0.2) is 0 Å². The highest BCUT2D eigenvalue weighted by atomic mass is 16.5. The van der Waals surface area contributed by atoms with E-state index in [4.69, 9.17) is 10.5 Å². The molecular weight excluding hydrogens is 268 g/mol. The highest BCUT2D eigenvalue weighted by Crippen LogP contribution is 2.17. The summed E-state index contributed by atoms with van der Waals surface area (Å²) in [5, 5.41) is 12.0. The summed E-state index contributed by atoms with van der Waals surface area (Å²) in [6.45, 7) is 0. The zero-order chi connectivity index (χ0) is 15.2. The Morgan fingerprint density at radius 1 is 1.29 bits per heavy atom. The molecule has 110 valence electrons. The zero-order valence-electron chi connectivity index (χ0n) is 11.7. The van der Waals surface area contributed by atoms with Crippen LogP contribution in [-0.4, -0.2) is 24.2 Å². The number of hydrogen-bond acceptors (Lipinski definition) is 4. The van der Waals surface area contributed by atoms with Crippen LogP contribution in [-0.2, 0) is 11.2 Å². The average Bonchev–Trinajstić information content (AvgIpc) is 2.49. The van der Waals surface area contributed by atoms with Gasteiger partial charge in [-0.2, -0.15) is 0 Å². The number of ether oxygens (including phenoxy) is 1. The Balaban J connectivity index is 1.97. The van der Waals surface area contributed by atoms with Crippen molar-refractivity contribution in [3.8, 4) is 11.5 Å². The fourth-order valence-electron chi connectivity index (χ4n) is 1.91. The number of anilines is 1. The van der Waals surface area contributed by atoms with Gasteiger partial charge >= 0.3 is 0 Å². The van der Waals surface area contributed by atoms with Gasteiger partial charge in [-0.15, -0.1) is 0 Å². The van der Waals surface area contributed by atoms with Gasteiger partial charge in [-0.3, -0.25) is 4.79 Å². The number of benzene rings is 2. The number of rotatable bonds is 5. The molecule has 2 aromatic rings. The molecule has 0 bridgehead atoms. The van der Waals surface area contributed by atoms with Gasteiger partial charge in [0, 0.05) is 11.8 Å². The molecule has 0 aromatic heterocycles. The van der Waals surface area contributed by atoms with Crippen molar-refractivity contribution in [1.82, 2.24) is 0 Å². The molecule has 5 nitrogen and oxygen atoms in total. The summed E-state index contributed by atoms with van der Waals surface area (Å²) in [7, 11) is 1.57. The van der Waals surface area contributed by atoms with E-state index in [0.29, 0.717) is 17.9 Å². The third-order valence-corrected chi connectivity index (χ3v) is 3.07. The Kier molecular flexibility index (Phi) is 4.79.